The molecule has 1 N–H and O–H groups in total. The smallest absolute Gasteiger partial charge is 0.129 e. The molecule has 1 fully saturated rings. The standard InChI is InChI=1S/C15H21FO3/c1-10-8-11(2)13(12(16)9-10)14(17)15(18-3)4-6-19-7-5-15/h8-9,14,17H,4-7H2,1-3H3. The molecule has 0 radical (unpaired) electrons. The molecular weight excluding hydrogens is 247 g/mol. The molecule has 1 aromatic rings. The summed E-state index contributed by atoms with van der Waals surface area (Å²) in [5.74, 6) is -0.368. The highest BCUT2D eigenvalue weighted by molar-refractivity contribution is 5.35. The molecule has 0 bridgehead atoms. The van der Waals surface area contributed by atoms with E-state index >= 15 is 0 Å². The molecule has 4 heteroatoms. The number of aliphatic hydroxyl groups is 1. The lowest BCUT2D eigenvalue weighted by Crippen LogP contribution is -2.44. The van der Waals surface area contributed by atoms with Crippen LogP contribution in [-0.4, -0.2) is 31.0 Å². The number of aliphatic hydroxyl groups excluding tert-OH is 1. The molecule has 0 saturated carbocycles. The van der Waals surface area contributed by atoms with Gasteiger partial charge in [0.2, 0.25) is 0 Å². The van der Waals surface area contributed by atoms with Crippen molar-refractivity contribution < 1.29 is 19.0 Å². The van der Waals surface area contributed by atoms with Gasteiger partial charge in [-0.3, -0.25) is 0 Å². The van der Waals surface area contributed by atoms with Crippen LogP contribution < -0.4 is 0 Å². The van der Waals surface area contributed by atoms with Crippen LogP contribution in [0.2, 0.25) is 0 Å². The van der Waals surface area contributed by atoms with E-state index in [9.17, 15) is 9.50 Å². The summed E-state index contributed by atoms with van der Waals surface area (Å²) in [6.07, 6.45) is 0.163. The summed E-state index contributed by atoms with van der Waals surface area (Å²) >= 11 is 0. The van der Waals surface area contributed by atoms with E-state index in [0.29, 0.717) is 31.6 Å². The van der Waals surface area contributed by atoms with Gasteiger partial charge in [-0.15, -0.1) is 0 Å². The first-order valence-corrected chi connectivity index (χ1v) is 6.58. The van der Waals surface area contributed by atoms with Crippen LogP contribution in [0.1, 0.15) is 35.6 Å². The van der Waals surface area contributed by atoms with Crippen molar-refractivity contribution >= 4 is 0 Å². The molecule has 0 aromatic heterocycles. The molecule has 1 unspecified atom stereocenters. The minimum Gasteiger partial charge on any atom is -0.385 e. The Kier molecular flexibility index (Phi) is 4.23. The Morgan fingerprint density at radius 3 is 2.47 bits per heavy atom. The summed E-state index contributed by atoms with van der Waals surface area (Å²) in [6, 6.07) is 3.33. The van der Waals surface area contributed by atoms with E-state index in [-0.39, 0.29) is 5.82 Å². The highest BCUT2D eigenvalue weighted by atomic mass is 19.1. The number of aryl methyl sites for hydroxylation is 2. The second-order valence-corrected chi connectivity index (χ2v) is 5.26. The third-order valence-corrected chi connectivity index (χ3v) is 4.00. The fraction of sp³-hybridized carbons (Fsp3) is 0.600. The van der Waals surface area contributed by atoms with Crippen LogP contribution in [0.15, 0.2) is 12.1 Å². The zero-order valence-corrected chi connectivity index (χ0v) is 11.7. The summed E-state index contributed by atoms with van der Waals surface area (Å²) in [4.78, 5) is 0. The van der Waals surface area contributed by atoms with Crippen LogP contribution in [-0.2, 0) is 9.47 Å². The van der Waals surface area contributed by atoms with Crippen LogP contribution in [0.5, 0.6) is 0 Å². The number of methoxy groups -OCH3 is 1. The summed E-state index contributed by atoms with van der Waals surface area (Å²) in [5.41, 5.74) is 1.20. The molecule has 1 atom stereocenters. The van der Waals surface area contributed by atoms with Crippen LogP contribution in [0.25, 0.3) is 0 Å². The van der Waals surface area contributed by atoms with Gasteiger partial charge in [-0.1, -0.05) is 6.07 Å². The maximum absolute atomic E-state index is 14.2. The molecule has 1 aliphatic rings. The average molecular weight is 268 g/mol. The molecular formula is C15H21FO3. The van der Waals surface area contributed by atoms with Crippen LogP contribution in [0.4, 0.5) is 4.39 Å². The van der Waals surface area contributed by atoms with Crippen molar-refractivity contribution in [3.63, 3.8) is 0 Å². The van der Waals surface area contributed by atoms with Gasteiger partial charge in [0.1, 0.15) is 17.5 Å². The first-order chi connectivity index (χ1) is 9.00. The van der Waals surface area contributed by atoms with Crippen molar-refractivity contribution in [1.29, 1.82) is 0 Å². The van der Waals surface area contributed by atoms with E-state index in [0.717, 1.165) is 11.1 Å². The number of ether oxygens (including phenoxy) is 2. The van der Waals surface area contributed by atoms with Gasteiger partial charge in [0.05, 0.1) is 0 Å². The zero-order chi connectivity index (χ0) is 14.0. The van der Waals surface area contributed by atoms with E-state index in [2.05, 4.69) is 0 Å². The molecule has 0 aliphatic carbocycles. The highest BCUT2D eigenvalue weighted by Gasteiger charge is 2.42. The Morgan fingerprint density at radius 2 is 1.95 bits per heavy atom. The fourth-order valence-corrected chi connectivity index (χ4v) is 2.84. The number of benzene rings is 1. The van der Waals surface area contributed by atoms with Gasteiger partial charge in [-0.2, -0.15) is 0 Å². The summed E-state index contributed by atoms with van der Waals surface area (Å²) in [6.45, 7) is 4.71. The van der Waals surface area contributed by atoms with Crippen molar-refractivity contribution in [3.05, 3.63) is 34.6 Å². The monoisotopic (exact) mass is 268 g/mol. The molecule has 106 valence electrons. The molecule has 19 heavy (non-hydrogen) atoms. The highest BCUT2D eigenvalue weighted by Crippen LogP contribution is 2.39. The fourth-order valence-electron chi connectivity index (χ4n) is 2.84. The Balaban J connectivity index is 2.40. The van der Waals surface area contributed by atoms with Crippen molar-refractivity contribution in [2.75, 3.05) is 20.3 Å². The van der Waals surface area contributed by atoms with Gasteiger partial charge in [-0.25, -0.2) is 4.39 Å². The van der Waals surface area contributed by atoms with Crippen LogP contribution in [0.3, 0.4) is 0 Å². The number of hydrogen-bond donors (Lipinski definition) is 1. The Labute approximate surface area is 113 Å². The Morgan fingerprint density at radius 1 is 1.32 bits per heavy atom. The van der Waals surface area contributed by atoms with Gasteiger partial charge in [0, 0.05) is 38.7 Å². The second kappa shape index (κ2) is 5.57. The predicted molar refractivity (Wildman–Crippen MR) is 70.6 cm³/mol. The van der Waals surface area contributed by atoms with Crippen molar-refractivity contribution in [2.45, 2.75) is 38.4 Å². The molecule has 1 saturated heterocycles. The predicted octanol–water partition coefficient (Wildman–Crippen LogP) is 2.67. The maximum Gasteiger partial charge on any atom is 0.129 e. The summed E-state index contributed by atoms with van der Waals surface area (Å²) in [5, 5.41) is 10.6. The molecule has 1 heterocycles. The molecule has 0 amide bonds. The quantitative estimate of drug-likeness (QED) is 0.916. The third kappa shape index (κ3) is 2.66. The maximum atomic E-state index is 14.2. The average Bonchev–Trinajstić information content (AvgIpc) is 2.38. The normalized spacial score (nSPS) is 20.3. The zero-order valence-electron chi connectivity index (χ0n) is 11.7. The van der Waals surface area contributed by atoms with Gasteiger partial charge in [-0.05, 0) is 31.0 Å². The minimum absolute atomic E-state index is 0.342. The first kappa shape index (κ1) is 14.4. The largest absolute Gasteiger partial charge is 0.385 e. The van der Waals surface area contributed by atoms with E-state index in [4.69, 9.17) is 9.47 Å². The van der Waals surface area contributed by atoms with Crippen molar-refractivity contribution in [1.82, 2.24) is 0 Å². The molecule has 1 aromatic carbocycles. The Bertz CT molecular complexity index is 430. The van der Waals surface area contributed by atoms with Crippen molar-refractivity contribution in [2.24, 2.45) is 0 Å². The molecule has 2 rings (SSSR count). The number of halogens is 1. The Hall–Kier alpha value is -0.970. The van der Waals surface area contributed by atoms with Gasteiger partial charge >= 0.3 is 0 Å². The van der Waals surface area contributed by atoms with Crippen LogP contribution in [0, 0.1) is 19.7 Å². The first-order valence-electron chi connectivity index (χ1n) is 6.58. The minimum atomic E-state index is -0.970. The van der Waals surface area contributed by atoms with Gasteiger partial charge in [0.15, 0.2) is 0 Å². The molecule has 0 spiro atoms. The molecule has 1 aliphatic heterocycles. The van der Waals surface area contributed by atoms with Crippen molar-refractivity contribution in [3.8, 4) is 0 Å². The third-order valence-electron chi connectivity index (χ3n) is 4.00. The topological polar surface area (TPSA) is 38.7 Å². The molecule has 3 nitrogen and oxygen atoms in total. The van der Waals surface area contributed by atoms with E-state index in [1.165, 1.54) is 6.07 Å². The summed E-state index contributed by atoms with van der Waals surface area (Å²) < 4.78 is 25.0. The lowest BCUT2D eigenvalue weighted by Gasteiger charge is -2.40. The van der Waals surface area contributed by atoms with Crippen LogP contribution >= 0.6 is 0 Å². The lowest BCUT2D eigenvalue weighted by atomic mass is 9.82. The second-order valence-electron chi connectivity index (χ2n) is 5.26. The van der Waals surface area contributed by atoms with E-state index in [1.54, 1.807) is 7.11 Å². The van der Waals surface area contributed by atoms with Gasteiger partial charge < -0.3 is 14.6 Å². The van der Waals surface area contributed by atoms with E-state index < -0.39 is 11.7 Å². The summed E-state index contributed by atoms with van der Waals surface area (Å²) in [7, 11) is 1.57. The van der Waals surface area contributed by atoms with E-state index in [1.807, 2.05) is 19.9 Å². The number of rotatable bonds is 3. The lowest BCUT2D eigenvalue weighted by molar-refractivity contribution is -0.155. The van der Waals surface area contributed by atoms with Gasteiger partial charge in [0.25, 0.3) is 0 Å². The SMILES string of the molecule is COC1(C(O)c2c(C)cc(C)cc2F)CCOCC1. The number of hydrogen-bond acceptors (Lipinski definition) is 3.